The van der Waals surface area contributed by atoms with Gasteiger partial charge in [0.15, 0.2) is 5.58 Å². The van der Waals surface area contributed by atoms with Gasteiger partial charge >= 0.3 is 5.91 Å². The van der Waals surface area contributed by atoms with E-state index in [1.165, 1.54) is 33.2 Å². The summed E-state index contributed by atoms with van der Waals surface area (Å²) in [4.78, 5) is 21.0. The lowest BCUT2D eigenvalue weighted by molar-refractivity contribution is 0.0992. The van der Waals surface area contributed by atoms with E-state index in [4.69, 9.17) is 14.9 Å². The predicted octanol–water partition coefficient (Wildman–Crippen LogP) is 2.03. The van der Waals surface area contributed by atoms with Crippen LogP contribution in [-0.4, -0.2) is 49.5 Å². The molecule has 0 fully saturated rings. The quantitative estimate of drug-likeness (QED) is 0.606. The third-order valence-corrected chi connectivity index (χ3v) is 7.11. The van der Waals surface area contributed by atoms with Gasteiger partial charge in [-0.25, -0.2) is 27.1 Å². The number of sulfonamides is 1. The minimum Gasteiger partial charge on any atom is -0.497 e. The number of aliphatic imine (C=N–C) groups is 1. The van der Waals surface area contributed by atoms with E-state index in [9.17, 15) is 17.6 Å². The number of methoxy groups -OCH3 is 1. The summed E-state index contributed by atoms with van der Waals surface area (Å²) >= 11 is 0. The minimum atomic E-state index is -3.79. The zero-order chi connectivity index (χ0) is 23.3. The molecule has 168 valence electrons. The number of amides is 1. The van der Waals surface area contributed by atoms with Gasteiger partial charge in [0.2, 0.25) is 16.0 Å². The number of oxazole rings is 1. The Morgan fingerprint density at radius 2 is 2.06 bits per heavy atom. The van der Waals surface area contributed by atoms with E-state index in [2.05, 4.69) is 15.3 Å². The highest BCUT2D eigenvalue weighted by Crippen LogP contribution is 2.35. The largest absolute Gasteiger partial charge is 0.497 e. The number of rotatable bonds is 4. The fourth-order valence-electron chi connectivity index (χ4n) is 3.42. The van der Waals surface area contributed by atoms with Crippen LogP contribution in [0.4, 0.5) is 10.1 Å². The molecule has 0 saturated carbocycles. The van der Waals surface area contributed by atoms with E-state index in [0.29, 0.717) is 16.8 Å². The second kappa shape index (κ2) is 7.48. The molecule has 2 heterocycles. The number of nitrogens with two attached hydrogens (primary N) is 1. The number of carbonyl (C=O) groups is 1. The lowest BCUT2D eigenvalue weighted by Crippen LogP contribution is -2.50. The monoisotopic (exact) mass is 461 g/mol. The van der Waals surface area contributed by atoms with Crippen LogP contribution in [0.2, 0.25) is 0 Å². The molecule has 1 aliphatic rings. The number of halogens is 1. The molecule has 0 saturated heterocycles. The van der Waals surface area contributed by atoms with E-state index >= 15 is 0 Å². The number of fused-ring (bicyclic) bond motifs is 1. The number of anilines is 1. The molecule has 1 amide bonds. The number of benzene rings is 2. The Labute approximate surface area is 182 Å². The number of guanidine groups is 1. The van der Waals surface area contributed by atoms with Gasteiger partial charge in [-0.2, -0.15) is 0 Å². The van der Waals surface area contributed by atoms with Crippen LogP contribution in [0, 0.1) is 5.82 Å². The van der Waals surface area contributed by atoms with Gasteiger partial charge in [-0.1, -0.05) is 0 Å². The Balaban J connectivity index is 1.65. The van der Waals surface area contributed by atoms with Gasteiger partial charge in [-0.15, -0.1) is 0 Å². The van der Waals surface area contributed by atoms with Crippen LogP contribution in [0.15, 0.2) is 45.8 Å². The van der Waals surface area contributed by atoms with Crippen molar-refractivity contribution in [2.24, 2.45) is 10.7 Å². The average molecular weight is 461 g/mol. The van der Waals surface area contributed by atoms with E-state index in [1.807, 2.05) is 0 Å². The second-order valence-corrected chi connectivity index (χ2v) is 9.47. The Morgan fingerprint density at radius 3 is 2.75 bits per heavy atom. The molecule has 1 aliphatic heterocycles. The first kappa shape index (κ1) is 21.6. The molecule has 1 aromatic heterocycles. The van der Waals surface area contributed by atoms with Crippen LogP contribution in [0.1, 0.15) is 23.2 Å². The molecule has 3 aromatic rings. The third kappa shape index (κ3) is 3.73. The van der Waals surface area contributed by atoms with Crippen molar-refractivity contribution >= 4 is 38.7 Å². The van der Waals surface area contributed by atoms with Crippen molar-refractivity contribution in [3.63, 3.8) is 0 Å². The maximum Gasteiger partial charge on any atom is 0.311 e. The highest BCUT2D eigenvalue weighted by molar-refractivity contribution is 7.89. The Hall–Kier alpha value is -3.67. The number of nitrogens with one attached hydrogen (secondary N) is 1. The molecular formula is C20H20FN5O5S. The van der Waals surface area contributed by atoms with Gasteiger partial charge in [0.25, 0.3) is 5.89 Å². The molecule has 0 spiro atoms. The number of nitrogens with zero attached hydrogens (tertiary/aromatic N) is 3. The smallest absolute Gasteiger partial charge is 0.311 e. The Kier molecular flexibility index (Phi) is 5.04. The summed E-state index contributed by atoms with van der Waals surface area (Å²) in [6.45, 7) is 1.46. The molecular weight excluding hydrogens is 441 g/mol. The summed E-state index contributed by atoms with van der Waals surface area (Å²) in [6, 6.07) is 8.69. The second-order valence-electron chi connectivity index (χ2n) is 7.47. The van der Waals surface area contributed by atoms with Crippen molar-refractivity contribution < 1.29 is 26.8 Å². The number of hydrogen-bond acceptors (Lipinski definition) is 8. The first-order valence-electron chi connectivity index (χ1n) is 9.40. The molecule has 0 aliphatic carbocycles. The normalized spacial score (nSPS) is 20.1. The molecule has 32 heavy (non-hydrogen) atoms. The number of ether oxygens (including phenoxy) is 1. The van der Waals surface area contributed by atoms with Gasteiger partial charge < -0.3 is 20.2 Å². The van der Waals surface area contributed by atoms with Crippen LogP contribution in [0.5, 0.6) is 5.75 Å². The van der Waals surface area contributed by atoms with Crippen LogP contribution in [-0.2, 0) is 15.6 Å². The van der Waals surface area contributed by atoms with Gasteiger partial charge in [0, 0.05) is 24.4 Å². The lowest BCUT2D eigenvalue weighted by atomic mass is 9.93. The highest BCUT2D eigenvalue weighted by atomic mass is 32.2. The summed E-state index contributed by atoms with van der Waals surface area (Å²) in [5.74, 6) is -1.75. The number of hydrogen-bond donors (Lipinski definition) is 2. The first-order valence-corrected chi connectivity index (χ1v) is 11.0. The van der Waals surface area contributed by atoms with Gasteiger partial charge in [0.1, 0.15) is 22.6 Å². The third-order valence-electron chi connectivity index (χ3n) is 5.16. The molecule has 4 rings (SSSR count). The van der Waals surface area contributed by atoms with Gasteiger partial charge in [-0.05, 0) is 37.3 Å². The molecule has 0 bridgehead atoms. The molecule has 1 unspecified atom stereocenters. The van der Waals surface area contributed by atoms with E-state index in [1.54, 1.807) is 18.2 Å². The molecule has 3 N–H and O–H groups in total. The van der Waals surface area contributed by atoms with Crippen molar-refractivity contribution in [2.75, 3.05) is 25.2 Å². The fraction of sp³-hybridized carbons (Fsp3) is 0.250. The molecule has 10 nitrogen and oxygen atoms in total. The molecule has 2 aromatic carbocycles. The molecule has 12 heteroatoms. The summed E-state index contributed by atoms with van der Waals surface area (Å²) in [5.41, 5.74) is 5.27. The van der Waals surface area contributed by atoms with Crippen molar-refractivity contribution in [1.29, 1.82) is 0 Å². The number of carbonyl (C=O) groups excluding carboxylic acids is 1. The van der Waals surface area contributed by atoms with E-state index in [0.717, 1.165) is 10.4 Å². The highest BCUT2D eigenvalue weighted by Gasteiger charge is 2.41. The summed E-state index contributed by atoms with van der Waals surface area (Å²) in [5, 5.41) is 2.58. The molecule has 0 radical (unpaired) electrons. The van der Waals surface area contributed by atoms with Crippen molar-refractivity contribution in [3.05, 3.63) is 53.7 Å². The Morgan fingerprint density at radius 1 is 1.31 bits per heavy atom. The Bertz CT molecular complexity index is 1370. The molecule has 1 atom stereocenters. The maximum atomic E-state index is 14.7. The van der Waals surface area contributed by atoms with Crippen molar-refractivity contribution in [1.82, 2.24) is 9.29 Å². The predicted molar refractivity (Wildman–Crippen MR) is 115 cm³/mol. The lowest BCUT2D eigenvalue weighted by Gasteiger charge is -2.34. The van der Waals surface area contributed by atoms with Crippen molar-refractivity contribution in [2.45, 2.75) is 12.5 Å². The standard InChI is InChI=1S/C20H20FN5O5S/c1-20(10-32(28,29)26(2)19(22)25-20)13-8-11(4-6-14(13)21)23-17(27)18-24-15-7-5-12(30-3)9-16(15)31-18/h4-9H,10H2,1-3H3,(H2,22,25)(H,23,27). The zero-order valence-electron chi connectivity index (χ0n) is 17.4. The first-order chi connectivity index (χ1) is 15.0. The van der Waals surface area contributed by atoms with Crippen LogP contribution in [0.3, 0.4) is 0 Å². The van der Waals surface area contributed by atoms with Crippen LogP contribution < -0.4 is 15.8 Å². The summed E-state index contributed by atoms with van der Waals surface area (Å²) < 4.78 is 51.0. The summed E-state index contributed by atoms with van der Waals surface area (Å²) in [6.07, 6.45) is 0. The minimum absolute atomic E-state index is 0.0303. The van der Waals surface area contributed by atoms with E-state index in [-0.39, 0.29) is 23.1 Å². The van der Waals surface area contributed by atoms with Gasteiger partial charge in [0.05, 0.1) is 12.9 Å². The SMILES string of the molecule is COc1ccc2nc(C(=O)Nc3ccc(F)c(C4(C)CS(=O)(=O)N(C)C(N)=N4)c3)oc2c1. The topological polar surface area (TPSA) is 140 Å². The fourth-order valence-corrected chi connectivity index (χ4v) is 4.87. The zero-order valence-corrected chi connectivity index (χ0v) is 18.2. The maximum absolute atomic E-state index is 14.7. The van der Waals surface area contributed by atoms with Crippen LogP contribution in [0.25, 0.3) is 11.1 Å². The van der Waals surface area contributed by atoms with Crippen LogP contribution >= 0.6 is 0 Å². The average Bonchev–Trinajstić information content (AvgIpc) is 3.16. The number of aromatic nitrogens is 1. The summed E-state index contributed by atoms with van der Waals surface area (Å²) in [7, 11) is -1.01. The van der Waals surface area contributed by atoms with E-state index < -0.39 is 33.0 Å². The van der Waals surface area contributed by atoms with Gasteiger partial charge in [-0.3, -0.25) is 4.79 Å². The van der Waals surface area contributed by atoms with Crippen molar-refractivity contribution in [3.8, 4) is 5.75 Å².